The van der Waals surface area contributed by atoms with Crippen LogP contribution in [0.15, 0.2) is 52.7 Å². The Bertz CT molecular complexity index is 1190. The molecule has 10 heteroatoms. The van der Waals surface area contributed by atoms with Crippen molar-refractivity contribution in [2.24, 2.45) is 9.98 Å². The smallest absolute Gasteiger partial charge is 0.327 e. The molecule has 32 heavy (non-hydrogen) atoms. The first-order chi connectivity index (χ1) is 15.4. The molecule has 0 bridgehead atoms. The van der Waals surface area contributed by atoms with Crippen LogP contribution in [0.25, 0.3) is 22.0 Å². The normalized spacial score (nSPS) is 12.4. The number of allylic oxidation sites excluding steroid dienone is 1. The molecule has 3 rings (SSSR count). The van der Waals surface area contributed by atoms with Crippen LogP contribution >= 0.6 is 11.6 Å². The molecule has 0 aromatic carbocycles. The Morgan fingerprint density at radius 3 is 2.81 bits per heavy atom. The number of pyridine rings is 1. The average molecular weight is 456 g/mol. The molecule has 0 saturated heterocycles. The number of nitrogens with zero attached hydrogens (tertiary/aromatic N) is 6. The highest BCUT2D eigenvalue weighted by atomic mass is 35.5. The molecule has 0 radical (unpaired) electrons. The van der Waals surface area contributed by atoms with Gasteiger partial charge in [-0.15, -0.1) is 0 Å². The monoisotopic (exact) mass is 455 g/mol. The minimum Gasteiger partial charge on any atom is -0.465 e. The van der Waals surface area contributed by atoms with Gasteiger partial charge in [0.25, 0.3) is 0 Å². The Balaban J connectivity index is 1.97. The summed E-state index contributed by atoms with van der Waals surface area (Å²) in [7, 11) is 0. The highest BCUT2D eigenvalue weighted by molar-refractivity contribution is 6.65. The molecule has 0 amide bonds. The standard InChI is InChI=1S/C22H26ClN7O2/c1-6-19(28-22(23)24-5)27-20-8-18-16(10-25-20)17(12-30(18)14(3)4)15-9-26-29(11-15)13-21(31)32-7-2/h6,8-12,14H,5,7,13H2,1-4H3,(H,25,27)/b19-6-,28-22?. The second-order valence-electron chi connectivity index (χ2n) is 7.20. The number of halogens is 1. The number of aliphatic imine (C=N–C) groups is 2. The lowest BCUT2D eigenvalue weighted by atomic mass is 10.1. The fourth-order valence-electron chi connectivity index (χ4n) is 3.23. The number of nitrogens with one attached hydrogen (secondary N) is 1. The maximum absolute atomic E-state index is 11.8. The van der Waals surface area contributed by atoms with Crippen molar-refractivity contribution in [3.05, 3.63) is 42.8 Å². The Labute approximate surface area is 191 Å². The third-order valence-electron chi connectivity index (χ3n) is 4.69. The molecule has 0 atom stereocenters. The van der Waals surface area contributed by atoms with Crippen LogP contribution in [0.3, 0.4) is 0 Å². The first-order valence-corrected chi connectivity index (χ1v) is 10.6. The predicted octanol–water partition coefficient (Wildman–Crippen LogP) is 4.61. The number of aromatic nitrogens is 4. The minimum absolute atomic E-state index is 0.0411. The summed E-state index contributed by atoms with van der Waals surface area (Å²) in [5.41, 5.74) is 2.87. The molecule has 0 fully saturated rings. The van der Waals surface area contributed by atoms with E-state index >= 15 is 0 Å². The SMILES string of the molecule is C=NC(Cl)=N/C(=C\C)Nc1cc2c(cn1)c(-c1cnn(CC(=O)OCC)c1)cn2C(C)C. The Morgan fingerprint density at radius 2 is 2.16 bits per heavy atom. The van der Waals surface area contributed by atoms with Crippen LogP contribution in [0.1, 0.15) is 33.7 Å². The number of ether oxygens (including phenoxy) is 1. The topological polar surface area (TPSA) is 98.7 Å². The molecule has 0 aliphatic heterocycles. The molecule has 0 spiro atoms. The number of rotatable bonds is 8. The third kappa shape index (κ3) is 5.23. The van der Waals surface area contributed by atoms with Gasteiger partial charge in [0, 0.05) is 47.2 Å². The van der Waals surface area contributed by atoms with Crippen molar-refractivity contribution in [3.8, 4) is 11.1 Å². The summed E-state index contributed by atoms with van der Waals surface area (Å²) in [6.07, 6.45) is 9.21. The van der Waals surface area contributed by atoms with Gasteiger partial charge in [-0.1, -0.05) is 0 Å². The first-order valence-electron chi connectivity index (χ1n) is 10.2. The second-order valence-corrected chi connectivity index (χ2v) is 7.54. The lowest BCUT2D eigenvalue weighted by molar-refractivity contribution is -0.144. The molecule has 0 aliphatic rings. The highest BCUT2D eigenvalue weighted by Gasteiger charge is 2.16. The molecule has 3 aromatic heterocycles. The van der Waals surface area contributed by atoms with Crippen LogP contribution in [0, 0.1) is 0 Å². The van der Waals surface area contributed by atoms with E-state index in [1.54, 1.807) is 30.1 Å². The van der Waals surface area contributed by atoms with Crippen LogP contribution in [-0.4, -0.2) is 43.9 Å². The van der Waals surface area contributed by atoms with E-state index in [1.165, 1.54) is 0 Å². The molecule has 1 N–H and O–H groups in total. The number of amidine groups is 1. The van der Waals surface area contributed by atoms with Gasteiger partial charge in [-0.25, -0.2) is 15.0 Å². The van der Waals surface area contributed by atoms with E-state index in [0.717, 1.165) is 22.0 Å². The summed E-state index contributed by atoms with van der Waals surface area (Å²) in [6, 6.07) is 2.17. The van der Waals surface area contributed by atoms with Crippen molar-refractivity contribution in [2.45, 2.75) is 40.3 Å². The van der Waals surface area contributed by atoms with Crippen molar-refractivity contribution in [1.82, 2.24) is 19.3 Å². The number of fused-ring (bicyclic) bond motifs is 1. The molecule has 168 valence electrons. The molecule has 3 heterocycles. The zero-order valence-corrected chi connectivity index (χ0v) is 19.3. The number of anilines is 1. The second kappa shape index (κ2) is 10.2. The molecule has 9 nitrogen and oxygen atoms in total. The predicted molar refractivity (Wildman–Crippen MR) is 128 cm³/mol. The van der Waals surface area contributed by atoms with Gasteiger partial charge < -0.3 is 14.6 Å². The number of hydrogen-bond acceptors (Lipinski definition) is 6. The molecular formula is C22H26ClN7O2. The van der Waals surface area contributed by atoms with Gasteiger partial charge in [0.1, 0.15) is 18.2 Å². The van der Waals surface area contributed by atoms with Gasteiger partial charge in [0.05, 0.1) is 18.3 Å². The summed E-state index contributed by atoms with van der Waals surface area (Å²) < 4.78 is 8.74. The van der Waals surface area contributed by atoms with Crippen LogP contribution in [0.5, 0.6) is 0 Å². The molecule has 0 unspecified atom stereocenters. The largest absolute Gasteiger partial charge is 0.465 e. The van der Waals surface area contributed by atoms with Crippen LogP contribution in [-0.2, 0) is 16.1 Å². The van der Waals surface area contributed by atoms with E-state index in [2.05, 4.69) is 56.7 Å². The van der Waals surface area contributed by atoms with E-state index in [9.17, 15) is 4.79 Å². The summed E-state index contributed by atoms with van der Waals surface area (Å²) in [5.74, 6) is 0.808. The van der Waals surface area contributed by atoms with Gasteiger partial charge in [0.15, 0.2) is 0 Å². The van der Waals surface area contributed by atoms with E-state index in [0.29, 0.717) is 18.2 Å². The Hall–Kier alpha value is -3.46. The lowest BCUT2D eigenvalue weighted by Gasteiger charge is -2.10. The molecule has 0 aliphatic carbocycles. The number of carbonyl (C=O) groups excluding carboxylic acids is 1. The first kappa shape index (κ1) is 23.2. The van der Waals surface area contributed by atoms with Crippen molar-refractivity contribution >= 4 is 46.3 Å². The summed E-state index contributed by atoms with van der Waals surface area (Å²) in [6.45, 7) is 11.6. The summed E-state index contributed by atoms with van der Waals surface area (Å²) in [5, 5.41) is 8.46. The Kier molecular flexibility index (Phi) is 7.42. The molecular weight excluding hydrogens is 430 g/mol. The Morgan fingerprint density at radius 1 is 1.38 bits per heavy atom. The fraction of sp³-hybridized carbons (Fsp3) is 0.318. The van der Waals surface area contributed by atoms with Gasteiger partial charge in [0.2, 0.25) is 5.29 Å². The zero-order chi connectivity index (χ0) is 23.3. The lowest BCUT2D eigenvalue weighted by Crippen LogP contribution is -2.13. The highest BCUT2D eigenvalue weighted by Crippen LogP contribution is 2.33. The van der Waals surface area contributed by atoms with E-state index < -0.39 is 0 Å². The maximum atomic E-state index is 11.8. The van der Waals surface area contributed by atoms with E-state index in [1.807, 2.05) is 19.2 Å². The quantitative estimate of drug-likeness (QED) is 0.231. The van der Waals surface area contributed by atoms with Crippen molar-refractivity contribution in [1.29, 1.82) is 0 Å². The van der Waals surface area contributed by atoms with Crippen LogP contribution in [0.4, 0.5) is 5.82 Å². The van der Waals surface area contributed by atoms with Crippen molar-refractivity contribution in [3.63, 3.8) is 0 Å². The third-order valence-corrected chi connectivity index (χ3v) is 4.89. The van der Waals surface area contributed by atoms with Gasteiger partial charge in [-0.2, -0.15) is 5.10 Å². The van der Waals surface area contributed by atoms with Crippen molar-refractivity contribution < 1.29 is 9.53 Å². The minimum atomic E-state index is -0.321. The van der Waals surface area contributed by atoms with Gasteiger partial charge in [-0.3, -0.25) is 9.48 Å². The van der Waals surface area contributed by atoms with Gasteiger partial charge in [-0.05, 0) is 52.1 Å². The van der Waals surface area contributed by atoms with Crippen LogP contribution < -0.4 is 5.32 Å². The van der Waals surface area contributed by atoms with Crippen molar-refractivity contribution in [2.75, 3.05) is 11.9 Å². The molecule has 0 saturated carbocycles. The summed E-state index contributed by atoms with van der Waals surface area (Å²) in [4.78, 5) is 24.0. The van der Waals surface area contributed by atoms with Gasteiger partial charge >= 0.3 is 5.97 Å². The van der Waals surface area contributed by atoms with E-state index in [-0.39, 0.29) is 23.9 Å². The molecule has 3 aromatic rings. The number of carbonyl (C=O) groups is 1. The maximum Gasteiger partial charge on any atom is 0.327 e. The summed E-state index contributed by atoms with van der Waals surface area (Å²) >= 11 is 5.87. The van der Waals surface area contributed by atoms with Crippen LogP contribution in [0.2, 0.25) is 0 Å². The fourth-order valence-corrected chi connectivity index (χ4v) is 3.32. The van der Waals surface area contributed by atoms with E-state index in [4.69, 9.17) is 16.3 Å². The zero-order valence-electron chi connectivity index (χ0n) is 18.5. The number of hydrogen-bond donors (Lipinski definition) is 1. The average Bonchev–Trinajstić information content (AvgIpc) is 3.37. The number of esters is 1.